The molecular formula is C13H18O4S. The summed E-state index contributed by atoms with van der Waals surface area (Å²) in [6.07, 6.45) is -0.537. The van der Waals surface area contributed by atoms with Gasteiger partial charge in [0.15, 0.2) is 0 Å². The van der Waals surface area contributed by atoms with E-state index in [1.54, 1.807) is 19.1 Å². The molecule has 1 atom stereocenters. The molecule has 18 heavy (non-hydrogen) atoms. The van der Waals surface area contributed by atoms with E-state index in [1.807, 2.05) is 13.0 Å². The summed E-state index contributed by atoms with van der Waals surface area (Å²) < 4.78 is 5.11. The van der Waals surface area contributed by atoms with Gasteiger partial charge in [-0.05, 0) is 31.5 Å². The molecule has 1 unspecified atom stereocenters. The van der Waals surface area contributed by atoms with Crippen molar-refractivity contribution in [3.8, 4) is 0 Å². The second kappa shape index (κ2) is 7.41. The van der Waals surface area contributed by atoms with E-state index < -0.39 is 12.1 Å². The van der Waals surface area contributed by atoms with Gasteiger partial charge in [0.05, 0.1) is 18.3 Å². The van der Waals surface area contributed by atoms with Gasteiger partial charge >= 0.3 is 5.97 Å². The van der Waals surface area contributed by atoms with Gasteiger partial charge in [-0.2, -0.15) is 0 Å². The quantitative estimate of drug-likeness (QED) is 0.743. The van der Waals surface area contributed by atoms with Crippen molar-refractivity contribution in [1.29, 1.82) is 0 Å². The van der Waals surface area contributed by atoms with Crippen LogP contribution in [0.25, 0.3) is 0 Å². The number of rotatable bonds is 7. The fourth-order valence-corrected chi connectivity index (χ4v) is 2.26. The molecule has 1 rings (SSSR count). The summed E-state index contributed by atoms with van der Waals surface area (Å²) in [6, 6.07) is 5.27. The minimum Gasteiger partial charge on any atom is -0.478 e. The third kappa shape index (κ3) is 4.68. The van der Waals surface area contributed by atoms with Crippen molar-refractivity contribution in [1.82, 2.24) is 0 Å². The van der Waals surface area contributed by atoms with Crippen LogP contribution in [0.2, 0.25) is 0 Å². The van der Waals surface area contributed by atoms with Gasteiger partial charge in [-0.1, -0.05) is 6.07 Å². The Morgan fingerprint density at radius 3 is 2.83 bits per heavy atom. The van der Waals surface area contributed by atoms with Crippen LogP contribution in [0.15, 0.2) is 23.1 Å². The largest absolute Gasteiger partial charge is 0.478 e. The molecule has 0 amide bonds. The zero-order chi connectivity index (χ0) is 13.5. The van der Waals surface area contributed by atoms with Crippen LogP contribution in [-0.4, -0.2) is 41.3 Å². The van der Waals surface area contributed by atoms with Gasteiger partial charge in [-0.25, -0.2) is 4.79 Å². The molecule has 0 aliphatic carbocycles. The molecule has 0 aliphatic heterocycles. The summed E-state index contributed by atoms with van der Waals surface area (Å²) in [5.74, 6) is -0.438. The Morgan fingerprint density at radius 1 is 1.50 bits per heavy atom. The number of aromatic carboxylic acids is 1. The van der Waals surface area contributed by atoms with E-state index in [-0.39, 0.29) is 0 Å². The fourth-order valence-electron chi connectivity index (χ4n) is 1.42. The topological polar surface area (TPSA) is 66.8 Å². The van der Waals surface area contributed by atoms with Gasteiger partial charge < -0.3 is 14.9 Å². The first-order valence-electron chi connectivity index (χ1n) is 5.77. The van der Waals surface area contributed by atoms with Crippen molar-refractivity contribution in [2.24, 2.45) is 0 Å². The molecule has 0 aliphatic rings. The molecule has 2 N–H and O–H groups in total. The minimum absolute atomic E-state index is 0.305. The highest BCUT2D eigenvalue weighted by atomic mass is 32.2. The average molecular weight is 270 g/mol. The Balaban J connectivity index is 2.57. The van der Waals surface area contributed by atoms with E-state index in [4.69, 9.17) is 9.84 Å². The number of aryl methyl sites for hydroxylation is 1. The summed E-state index contributed by atoms with van der Waals surface area (Å²) in [6.45, 7) is 4.53. The predicted octanol–water partition coefficient (Wildman–Crippen LogP) is 2.18. The van der Waals surface area contributed by atoms with E-state index >= 15 is 0 Å². The summed E-state index contributed by atoms with van der Waals surface area (Å²) in [5.41, 5.74) is 1.04. The number of aliphatic hydroxyl groups excluding tert-OH is 1. The molecule has 0 aromatic heterocycles. The van der Waals surface area contributed by atoms with Crippen molar-refractivity contribution >= 4 is 17.7 Å². The zero-order valence-corrected chi connectivity index (χ0v) is 11.4. The number of hydrogen-bond acceptors (Lipinski definition) is 4. The van der Waals surface area contributed by atoms with Crippen LogP contribution in [0, 0.1) is 6.92 Å². The lowest BCUT2D eigenvalue weighted by Crippen LogP contribution is -2.17. The molecule has 4 nitrogen and oxygen atoms in total. The Kier molecular flexibility index (Phi) is 6.18. The summed E-state index contributed by atoms with van der Waals surface area (Å²) in [5, 5.41) is 18.6. The van der Waals surface area contributed by atoms with Gasteiger partial charge in [0.1, 0.15) is 0 Å². The number of carboxylic acids is 1. The monoisotopic (exact) mass is 270 g/mol. The zero-order valence-electron chi connectivity index (χ0n) is 10.5. The van der Waals surface area contributed by atoms with Crippen LogP contribution in [0.4, 0.5) is 0 Å². The Bertz CT molecular complexity index is 406. The first kappa shape index (κ1) is 15.0. The second-order valence-corrected chi connectivity index (χ2v) is 5.00. The smallest absolute Gasteiger partial charge is 0.335 e. The first-order valence-corrected chi connectivity index (χ1v) is 6.75. The molecule has 0 fully saturated rings. The van der Waals surface area contributed by atoms with Crippen molar-refractivity contribution in [3.05, 3.63) is 29.3 Å². The summed E-state index contributed by atoms with van der Waals surface area (Å²) in [4.78, 5) is 11.8. The Morgan fingerprint density at radius 2 is 2.22 bits per heavy atom. The van der Waals surface area contributed by atoms with Crippen LogP contribution < -0.4 is 0 Å². The molecule has 100 valence electrons. The van der Waals surface area contributed by atoms with Crippen LogP contribution >= 0.6 is 11.8 Å². The predicted molar refractivity (Wildman–Crippen MR) is 71.4 cm³/mol. The number of thioether (sulfide) groups is 1. The van der Waals surface area contributed by atoms with Crippen molar-refractivity contribution in [2.45, 2.75) is 24.8 Å². The average Bonchev–Trinajstić information content (AvgIpc) is 2.35. The van der Waals surface area contributed by atoms with E-state index in [0.717, 1.165) is 10.5 Å². The molecule has 1 aromatic rings. The van der Waals surface area contributed by atoms with Gasteiger partial charge in [-0.3, -0.25) is 0 Å². The van der Waals surface area contributed by atoms with Crippen LogP contribution in [-0.2, 0) is 4.74 Å². The summed E-state index contributed by atoms with van der Waals surface area (Å²) in [7, 11) is 0. The maximum Gasteiger partial charge on any atom is 0.335 e. The lowest BCUT2D eigenvalue weighted by Gasteiger charge is -2.10. The normalized spacial score (nSPS) is 12.4. The highest BCUT2D eigenvalue weighted by Crippen LogP contribution is 2.22. The second-order valence-electron chi connectivity index (χ2n) is 3.91. The molecule has 0 heterocycles. The number of ether oxygens (including phenoxy) is 1. The maximum absolute atomic E-state index is 11.0. The number of carboxylic acid groups (broad SMARTS) is 1. The van der Waals surface area contributed by atoms with Crippen molar-refractivity contribution in [2.75, 3.05) is 19.0 Å². The molecule has 0 saturated carbocycles. The molecule has 5 heteroatoms. The lowest BCUT2D eigenvalue weighted by molar-refractivity contribution is 0.0551. The minimum atomic E-state index is -0.926. The van der Waals surface area contributed by atoms with Gasteiger partial charge in [0.25, 0.3) is 0 Å². The molecule has 0 radical (unpaired) electrons. The molecule has 0 saturated heterocycles. The van der Waals surface area contributed by atoms with E-state index in [0.29, 0.717) is 24.5 Å². The SMILES string of the molecule is CCOCC(O)CSc1ccc(C)c(C(=O)O)c1. The van der Waals surface area contributed by atoms with E-state index in [2.05, 4.69) is 0 Å². The van der Waals surface area contributed by atoms with Crippen molar-refractivity contribution in [3.63, 3.8) is 0 Å². The van der Waals surface area contributed by atoms with Crippen LogP contribution in [0.5, 0.6) is 0 Å². The highest BCUT2D eigenvalue weighted by molar-refractivity contribution is 7.99. The standard InChI is InChI=1S/C13H18O4S/c1-3-17-7-10(14)8-18-11-5-4-9(2)12(6-11)13(15)16/h4-6,10,14H,3,7-8H2,1-2H3,(H,15,16). The van der Waals surface area contributed by atoms with Crippen LogP contribution in [0.1, 0.15) is 22.8 Å². The number of aliphatic hydroxyl groups is 1. The highest BCUT2D eigenvalue weighted by Gasteiger charge is 2.10. The third-order valence-corrected chi connectivity index (χ3v) is 3.53. The van der Waals surface area contributed by atoms with E-state index in [1.165, 1.54) is 11.8 Å². The number of benzene rings is 1. The van der Waals surface area contributed by atoms with Crippen LogP contribution in [0.3, 0.4) is 0 Å². The molecule has 1 aromatic carbocycles. The summed E-state index contributed by atoms with van der Waals surface area (Å²) >= 11 is 1.43. The molecule has 0 spiro atoms. The van der Waals surface area contributed by atoms with E-state index in [9.17, 15) is 9.90 Å². The first-order chi connectivity index (χ1) is 8.54. The van der Waals surface area contributed by atoms with Gasteiger partial charge in [0, 0.05) is 17.3 Å². The molecular weight excluding hydrogens is 252 g/mol. The Hall–Kier alpha value is -1.04. The van der Waals surface area contributed by atoms with Crippen molar-refractivity contribution < 1.29 is 19.7 Å². The Labute approximate surface area is 111 Å². The maximum atomic E-state index is 11.0. The fraction of sp³-hybridized carbons (Fsp3) is 0.462. The van der Waals surface area contributed by atoms with Gasteiger partial charge in [-0.15, -0.1) is 11.8 Å². The number of hydrogen-bond donors (Lipinski definition) is 2. The lowest BCUT2D eigenvalue weighted by atomic mass is 10.1. The third-order valence-electron chi connectivity index (χ3n) is 2.40. The number of carbonyl (C=O) groups is 1. The van der Waals surface area contributed by atoms with Gasteiger partial charge in [0.2, 0.25) is 0 Å². The molecule has 0 bridgehead atoms.